The van der Waals surface area contributed by atoms with Gasteiger partial charge in [-0.1, -0.05) is 0 Å². The van der Waals surface area contributed by atoms with Gasteiger partial charge in [0.25, 0.3) is 0 Å². The van der Waals surface area contributed by atoms with Gasteiger partial charge in [-0.05, 0) is 25.1 Å². The van der Waals surface area contributed by atoms with Crippen molar-refractivity contribution in [2.75, 3.05) is 31.4 Å². The lowest BCUT2D eigenvalue weighted by molar-refractivity contribution is 0.445. The zero-order valence-corrected chi connectivity index (χ0v) is 14.8. The molecule has 4 rings (SSSR count). The second-order valence-electron chi connectivity index (χ2n) is 5.85. The molecule has 0 fully saturated rings. The molecular weight excluding hydrogens is 335 g/mol. The van der Waals surface area contributed by atoms with Crippen LogP contribution < -0.4 is 10.6 Å². The second kappa shape index (κ2) is 6.25. The topological polar surface area (TPSA) is 85.0 Å². The van der Waals surface area contributed by atoms with Crippen LogP contribution in [0.15, 0.2) is 24.4 Å². The van der Waals surface area contributed by atoms with Crippen molar-refractivity contribution in [1.29, 1.82) is 0 Å². The van der Waals surface area contributed by atoms with Crippen LogP contribution in [0.5, 0.6) is 0 Å². The first kappa shape index (κ1) is 16.2. The third kappa shape index (κ3) is 2.43. The maximum absolute atomic E-state index is 12.9. The zero-order valence-electron chi connectivity index (χ0n) is 14.8. The number of nitrogens with one attached hydrogen (secondary N) is 2. The normalized spacial score (nSPS) is 11.4. The largest absolute Gasteiger partial charge is 0.371 e. The van der Waals surface area contributed by atoms with Gasteiger partial charge in [0.2, 0.25) is 5.95 Å². The lowest BCUT2D eigenvalue weighted by Crippen LogP contribution is -2.06. The number of rotatable bonds is 5. The summed E-state index contributed by atoms with van der Waals surface area (Å²) in [5.41, 5.74) is 3.91. The van der Waals surface area contributed by atoms with E-state index in [9.17, 15) is 4.39 Å². The lowest BCUT2D eigenvalue weighted by Gasteiger charge is -2.08. The van der Waals surface area contributed by atoms with E-state index in [2.05, 4.69) is 25.7 Å². The Balaban J connectivity index is 1.94. The van der Waals surface area contributed by atoms with E-state index in [1.807, 2.05) is 38.4 Å². The van der Waals surface area contributed by atoms with E-state index in [0.717, 1.165) is 28.1 Å². The molecule has 0 amide bonds. The summed E-state index contributed by atoms with van der Waals surface area (Å²) in [7, 11) is 3.59. The fraction of sp³-hybridized carbons (Fsp3) is 0.294. The number of aryl methyl sites for hydroxylation is 2. The fourth-order valence-corrected chi connectivity index (χ4v) is 3.13. The molecule has 8 nitrogen and oxygen atoms in total. The molecule has 0 radical (unpaired) electrons. The molecule has 9 heteroatoms. The minimum absolute atomic E-state index is 0.242. The molecule has 4 aromatic heterocycles. The van der Waals surface area contributed by atoms with Gasteiger partial charge in [-0.25, -0.2) is 18.9 Å². The quantitative estimate of drug-likeness (QED) is 0.573. The minimum Gasteiger partial charge on any atom is -0.371 e. The number of anilines is 2. The van der Waals surface area contributed by atoms with Crippen LogP contribution in [0.25, 0.3) is 27.9 Å². The highest BCUT2D eigenvalue weighted by molar-refractivity contribution is 5.89. The molecule has 0 bridgehead atoms. The monoisotopic (exact) mass is 354 g/mol. The number of imidazole rings is 1. The molecule has 0 aliphatic heterocycles. The molecule has 134 valence electrons. The number of alkyl halides is 1. The molecule has 0 aliphatic rings. The first-order chi connectivity index (χ1) is 12.7. The number of hydrogen-bond acceptors (Lipinski definition) is 6. The first-order valence-electron chi connectivity index (χ1n) is 8.31. The minimum atomic E-state index is -0.460. The van der Waals surface area contributed by atoms with Crippen molar-refractivity contribution in [2.24, 2.45) is 0 Å². The van der Waals surface area contributed by atoms with Gasteiger partial charge in [0.15, 0.2) is 11.5 Å². The van der Waals surface area contributed by atoms with Crippen LogP contribution in [-0.4, -0.2) is 49.9 Å². The first-order valence-corrected chi connectivity index (χ1v) is 8.31. The van der Waals surface area contributed by atoms with Gasteiger partial charge < -0.3 is 15.2 Å². The Bertz CT molecular complexity index is 1100. The van der Waals surface area contributed by atoms with Gasteiger partial charge in [0.05, 0.1) is 12.2 Å². The molecule has 0 aromatic carbocycles. The maximum atomic E-state index is 12.9. The summed E-state index contributed by atoms with van der Waals surface area (Å²) in [4.78, 5) is 13.7. The van der Waals surface area contributed by atoms with Crippen LogP contribution in [0, 0.1) is 6.92 Å². The molecule has 4 aromatic rings. The molecule has 2 N–H and O–H groups in total. The van der Waals surface area contributed by atoms with E-state index in [0.29, 0.717) is 17.4 Å². The number of nitrogens with zero attached hydrogens (tertiary/aromatic N) is 6. The summed E-state index contributed by atoms with van der Waals surface area (Å²) in [5, 5.41) is 10.5. The number of fused-ring (bicyclic) bond motifs is 2. The molecule has 0 saturated heterocycles. The van der Waals surface area contributed by atoms with Crippen LogP contribution >= 0.6 is 0 Å². The summed E-state index contributed by atoms with van der Waals surface area (Å²) < 4.78 is 16.5. The van der Waals surface area contributed by atoms with Crippen molar-refractivity contribution < 1.29 is 4.39 Å². The predicted octanol–water partition coefficient (Wildman–Crippen LogP) is 2.50. The fourth-order valence-electron chi connectivity index (χ4n) is 3.13. The average Bonchev–Trinajstić information content (AvgIpc) is 3.22. The number of hydrogen-bond donors (Lipinski definition) is 2. The van der Waals surface area contributed by atoms with Crippen LogP contribution in [0.3, 0.4) is 0 Å². The molecular formula is C17H19FN8. The van der Waals surface area contributed by atoms with Gasteiger partial charge in [-0.2, -0.15) is 4.98 Å². The van der Waals surface area contributed by atoms with Crippen LogP contribution in [0.4, 0.5) is 16.2 Å². The van der Waals surface area contributed by atoms with Crippen molar-refractivity contribution >= 4 is 28.4 Å². The van der Waals surface area contributed by atoms with Crippen molar-refractivity contribution in [1.82, 2.24) is 29.1 Å². The van der Waals surface area contributed by atoms with Gasteiger partial charge in [-0.3, -0.25) is 0 Å². The highest BCUT2D eigenvalue weighted by Gasteiger charge is 2.16. The Morgan fingerprint density at radius 3 is 2.65 bits per heavy atom. The van der Waals surface area contributed by atoms with Gasteiger partial charge in [0, 0.05) is 25.9 Å². The van der Waals surface area contributed by atoms with Gasteiger partial charge >= 0.3 is 0 Å². The summed E-state index contributed by atoms with van der Waals surface area (Å²) in [6, 6.07) is 5.77. The summed E-state index contributed by atoms with van der Waals surface area (Å²) in [6.07, 6.45) is 1.87. The molecule has 0 spiro atoms. The SMILES string of the molecule is CNc1nc(NC)c2c(-c3ccc4nc(C)n(CCF)c4n3)ccn2n1. The molecule has 0 saturated carbocycles. The summed E-state index contributed by atoms with van der Waals surface area (Å²) in [6.45, 7) is 1.64. The predicted molar refractivity (Wildman–Crippen MR) is 99.3 cm³/mol. The maximum Gasteiger partial charge on any atom is 0.242 e. The Hall–Kier alpha value is -3.23. The van der Waals surface area contributed by atoms with Gasteiger partial charge in [-0.15, -0.1) is 5.10 Å². The van der Waals surface area contributed by atoms with Crippen LogP contribution in [0.1, 0.15) is 5.82 Å². The highest BCUT2D eigenvalue weighted by atomic mass is 19.1. The zero-order chi connectivity index (χ0) is 18.3. The van der Waals surface area contributed by atoms with E-state index in [1.165, 1.54) is 0 Å². The van der Waals surface area contributed by atoms with Gasteiger partial charge in [0.1, 0.15) is 23.5 Å². The Labute approximate surface area is 149 Å². The number of aromatic nitrogens is 6. The third-order valence-electron chi connectivity index (χ3n) is 4.34. The van der Waals surface area contributed by atoms with Crippen molar-refractivity contribution in [3.8, 4) is 11.3 Å². The Kier molecular flexibility index (Phi) is 3.90. The number of halogens is 1. The van der Waals surface area contributed by atoms with E-state index in [1.54, 1.807) is 16.1 Å². The average molecular weight is 354 g/mol. The smallest absolute Gasteiger partial charge is 0.242 e. The third-order valence-corrected chi connectivity index (χ3v) is 4.34. The number of pyridine rings is 1. The molecule has 0 aliphatic carbocycles. The van der Waals surface area contributed by atoms with Crippen molar-refractivity contribution in [2.45, 2.75) is 13.5 Å². The Morgan fingerprint density at radius 1 is 1.08 bits per heavy atom. The van der Waals surface area contributed by atoms with E-state index in [-0.39, 0.29) is 6.54 Å². The summed E-state index contributed by atoms with van der Waals surface area (Å²) >= 11 is 0. The van der Waals surface area contributed by atoms with Crippen molar-refractivity contribution in [3.63, 3.8) is 0 Å². The second-order valence-corrected chi connectivity index (χ2v) is 5.85. The molecule has 26 heavy (non-hydrogen) atoms. The standard InChI is InChI=1S/C17H19FN8/c1-10-21-13-5-4-12(22-16(13)25(10)9-7-18)11-6-8-26-14(11)15(19-2)23-17(20-3)24-26/h4-6,8H,7,9H2,1-3H3,(H2,19,20,23,24). The molecule has 0 atom stereocenters. The van der Waals surface area contributed by atoms with E-state index in [4.69, 9.17) is 4.98 Å². The summed E-state index contributed by atoms with van der Waals surface area (Å²) in [5.74, 6) is 1.96. The van der Waals surface area contributed by atoms with Crippen LogP contribution in [-0.2, 0) is 6.54 Å². The molecule has 0 unspecified atom stereocenters. The Morgan fingerprint density at radius 2 is 1.92 bits per heavy atom. The van der Waals surface area contributed by atoms with E-state index >= 15 is 0 Å². The van der Waals surface area contributed by atoms with Crippen LogP contribution in [0.2, 0.25) is 0 Å². The highest BCUT2D eigenvalue weighted by Crippen LogP contribution is 2.30. The molecule has 4 heterocycles. The van der Waals surface area contributed by atoms with E-state index < -0.39 is 6.67 Å². The lowest BCUT2D eigenvalue weighted by atomic mass is 10.2. The van der Waals surface area contributed by atoms with Crippen molar-refractivity contribution in [3.05, 3.63) is 30.2 Å².